The second-order valence-electron chi connectivity index (χ2n) is 6.02. The average molecular weight is 384 g/mol. The molecule has 0 radical (unpaired) electrons. The highest BCUT2D eigenvalue weighted by molar-refractivity contribution is 6.09. The molecule has 0 fully saturated rings. The van der Waals surface area contributed by atoms with Crippen LogP contribution in [0.4, 0.5) is 14.5 Å². The second-order valence-corrected chi connectivity index (χ2v) is 6.02. The van der Waals surface area contributed by atoms with E-state index in [1.54, 1.807) is 6.92 Å². The first-order valence-corrected chi connectivity index (χ1v) is 8.17. The molecule has 0 spiro atoms. The monoisotopic (exact) mass is 384 g/mol. The predicted molar refractivity (Wildman–Crippen MR) is 96.2 cm³/mol. The minimum atomic E-state index is -0.535. The minimum absolute atomic E-state index is 0.114. The van der Waals surface area contributed by atoms with Crippen molar-refractivity contribution in [3.05, 3.63) is 59.4 Å². The lowest BCUT2D eigenvalue weighted by Crippen LogP contribution is -2.13. The first-order chi connectivity index (χ1) is 13.5. The number of aromatic nitrogens is 5. The molecule has 0 aliphatic carbocycles. The van der Waals surface area contributed by atoms with Gasteiger partial charge in [-0.1, -0.05) is 5.10 Å². The summed E-state index contributed by atoms with van der Waals surface area (Å²) in [6.07, 6.45) is 2.76. The molecule has 0 bridgehead atoms. The van der Waals surface area contributed by atoms with Gasteiger partial charge in [0.05, 0.1) is 30.0 Å². The van der Waals surface area contributed by atoms with E-state index in [4.69, 9.17) is 4.74 Å². The van der Waals surface area contributed by atoms with Crippen LogP contribution in [0.15, 0.2) is 36.7 Å². The van der Waals surface area contributed by atoms with Crippen molar-refractivity contribution in [1.82, 2.24) is 24.8 Å². The quantitative estimate of drug-likeness (QED) is 0.564. The number of pyridine rings is 1. The van der Waals surface area contributed by atoms with Crippen molar-refractivity contribution < 1.29 is 18.3 Å². The highest BCUT2D eigenvalue weighted by Crippen LogP contribution is 2.28. The molecule has 142 valence electrons. The Morgan fingerprint density at radius 3 is 2.82 bits per heavy atom. The molecule has 0 saturated carbocycles. The summed E-state index contributed by atoms with van der Waals surface area (Å²) in [5.41, 5.74) is 1.49. The molecule has 1 amide bonds. The molecule has 0 aliphatic rings. The number of aromatic amines is 1. The van der Waals surface area contributed by atoms with Gasteiger partial charge in [0, 0.05) is 18.0 Å². The molecular weight excluding hydrogens is 370 g/mol. The summed E-state index contributed by atoms with van der Waals surface area (Å²) in [5.74, 6) is -1.37. The number of amides is 1. The molecule has 0 saturated heterocycles. The van der Waals surface area contributed by atoms with Crippen LogP contribution in [0.2, 0.25) is 0 Å². The fraction of sp³-hybridized carbons (Fsp3) is 0.111. The van der Waals surface area contributed by atoms with E-state index in [1.807, 2.05) is 0 Å². The number of benzene rings is 1. The van der Waals surface area contributed by atoms with E-state index in [0.29, 0.717) is 16.8 Å². The number of H-pyrrole nitrogens is 1. The molecular formula is C18H14F2N6O2. The fourth-order valence-electron chi connectivity index (χ4n) is 2.77. The lowest BCUT2D eigenvalue weighted by molar-refractivity contribution is 0.102. The van der Waals surface area contributed by atoms with Crippen molar-refractivity contribution in [3.63, 3.8) is 0 Å². The van der Waals surface area contributed by atoms with Crippen molar-refractivity contribution in [2.24, 2.45) is 0 Å². The van der Waals surface area contributed by atoms with Crippen LogP contribution < -0.4 is 10.1 Å². The van der Waals surface area contributed by atoms with E-state index in [0.717, 1.165) is 0 Å². The number of anilines is 1. The first kappa shape index (κ1) is 17.6. The molecule has 4 aromatic rings. The third-order valence-corrected chi connectivity index (χ3v) is 4.21. The molecule has 10 heteroatoms. The zero-order valence-electron chi connectivity index (χ0n) is 14.8. The van der Waals surface area contributed by atoms with Crippen LogP contribution in [0.1, 0.15) is 15.9 Å². The van der Waals surface area contributed by atoms with E-state index in [2.05, 4.69) is 25.6 Å². The van der Waals surface area contributed by atoms with Crippen LogP contribution in [-0.4, -0.2) is 37.8 Å². The van der Waals surface area contributed by atoms with E-state index < -0.39 is 17.5 Å². The number of rotatable bonds is 4. The number of carbonyl (C=O) groups excluding carboxylic acids is 1. The largest absolute Gasteiger partial charge is 0.467 e. The molecule has 0 unspecified atom stereocenters. The maximum absolute atomic E-state index is 14.4. The first-order valence-electron chi connectivity index (χ1n) is 8.17. The zero-order valence-corrected chi connectivity index (χ0v) is 14.8. The van der Waals surface area contributed by atoms with E-state index in [9.17, 15) is 13.6 Å². The summed E-state index contributed by atoms with van der Waals surface area (Å²) in [4.78, 5) is 15.4. The Labute approximate surface area is 157 Å². The highest BCUT2D eigenvalue weighted by Gasteiger charge is 2.18. The van der Waals surface area contributed by atoms with E-state index >= 15 is 0 Å². The van der Waals surface area contributed by atoms with Crippen molar-refractivity contribution in [3.8, 4) is 17.4 Å². The maximum atomic E-state index is 14.4. The number of methoxy groups -OCH3 is 1. The van der Waals surface area contributed by atoms with Gasteiger partial charge in [-0.15, -0.1) is 5.10 Å². The average Bonchev–Trinajstić information content (AvgIpc) is 3.30. The summed E-state index contributed by atoms with van der Waals surface area (Å²) in [5, 5.41) is 14.3. The lowest BCUT2D eigenvalue weighted by atomic mass is 10.1. The molecule has 3 heterocycles. The van der Waals surface area contributed by atoms with E-state index in [1.165, 1.54) is 48.3 Å². The fourth-order valence-corrected chi connectivity index (χ4v) is 2.77. The molecule has 3 aromatic heterocycles. The summed E-state index contributed by atoms with van der Waals surface area (Å²) in [6, 6.07) is 5.30. The molecule has 28 heavy (non-hydrogen) atoms. The predicted octanol–water partition coefficient (Wildman–Crippen LogP) is 2.97. The third-order valence-electron chi connectivity index (χ3n) is 4.21. The standard InChI is InChI=1S/C18H14F2N6O2/c1-9-5-13(20)11(16-23-18(28-2)25-24-16)7-14(9)22-17(27)12-8-21-26-4-3-10(19)6-15(12)26/h3-8H,1-2H3,(H,22,27)(H,23,24,25). The van der Waals surface area contributed by atoms with Crippen LogP contribution >= 0.6 is 0 Å². The molecule has 0 aliphatic heterocycles. The summed E-state index contributed by atoms with van der Waals surface area (Å²) < 4.78 is 34.2. The summed E-state index contributed by atoms with van der Waals surface area (Å²) >= 11 is 0. The van der Waals surface area contributed by atoms with Gasteiger partial charge in [0.15, 0.2) is 5.82 Å². The Kier molecular flexibility index (Phi) is 4.22. The summed E-state index contributed by atoms with van der Waals surface area (Å²) in [7, 11) is 1.40. The number of fused-ring (bicyclic) bond motifs is 1. The van der Waals surface area contributed by atoms with Crippen LogP contribution in [-0.2, 0) is 0 Å². The number of hydrogen-bond donors (Lipinski definition) is 2. The van der Waals surface area contributed by atoms with Gasteiger partial charge in [0.1, 0.15) is 11.6 Å². The normalized spacial score (nSPS) is 11.0. The molecule has 1 aromatic carbocycles. The van der Waals surface area contributed by atoms with Gasteiger partial charge in [-0.25, -0.2) is 13.3 Å². The van der Waals surface area contributed by atoms with Gasteiger partial charge in [0.2, 0.25) is 0 Å². The number of aryl methyl sites for hydroxylation is 1. The van der Waals surface area contributed by atoms with Gasteiger partial charge in [-0.05, 0) is 30.7 Å². The van der Waals surface area contributed by atoms with Gasteiger partial charge >= 0.3 is 6.01 Å². The highest BCUT2D eigenvalue weighted by atomic mass is 19.1. The molecule has 4 rings (SSSR count). The molecule has 8 nitrogen and oxygen atoms in total. The smallest absolute Gasteiger partial charge is 0.314 e. The number of ether oxygens (including phenoxy) is 1. The van der Waals surface area contributed by atoms with Gasteiger partial charge in [-0.3, -0.25) is 9.78 Å². The third kappa shape index (κ3) is 3.04. The maximum Gasteiger partial charge on any atom is 0.314 e. The van der Waals surface area contributed by atoms with Gasteiger partial charge < -0.3 is 10.1 Å². The van der Waals surface area contributed by atoms with Crippen molar-refractivity contribution in [1.29, 1.82) is 0 Å². The topological polar surface area (TPSA) is 97.2 Å². The van der Waals surface area contributed by atoms with Crippen molar-refractivity contribution in [2.45, 2.75) is 6.92 Å². The Morgan fingerprint density at radius 2 is 2.07 bits per heavy atom. The number of nitrogens with zero attached hydrogens (tertiary/aromatic N) is 4. The summed E-state index contributed by atoms with van der Waals surface area (Å²) in [6.45, 7) is 1.65. The Hall–Kier alpha value is -3.82. The van der Waals surface area contributed by atoms with Crippen LogP contribution in [0.5, 0.6) is 6.01 Å². The molecule has 0 atom stereocenters. The Balaban J connectivity index is 1.69. The minimum Gasteiger partial charge on any atom is -0.467 e. The second kappa shape index (κ2) is 6.72. The van der Waals surface area contributed by atoms with Gasteiger partial charge in [-0.2, -0.15) is 5.10 Å². The zero-order chi connectivity index (χ0) is 19.8. The number of halogens is 2. The van der Waals surface area contributed by atoms with Crippen molar-refractivity contribution >= 4 is 17.1 Å². The number of carbonyl (C=O) groups is 1. The van der Waals surface area contributed by atoms with Crippen LogP contribution in [0, 0.1) is 18.6 Å². The van der Waals surface area contributed by atoms with Crippen LogP contribution in [0.25, 0.3) is 16.9 Å². The van der Waals surface area contributed by atoms with Crippen molar-refractivity contribution in [2.75, 3.05) is 12.4 Å². The van der Waals surface area contributed by atoms with Crippen LogP contribution in [0.3, 0.4) is 0 Å². The number of hydrogen-bond acceptors (Lipinski definition) is 5. The SMILES string of the molecule is COc1nnc(-c2cc(NC(=O)c3cnn4ccc(F)cc34)c(C)cc2F)[nH]1. The van der Waals surface area contributed by atoms with E-state index in [-0.39, 0.29) is 23.0 Å². The van der Waals surface area contributed by atoms with Gasteiger partial charge in [0.25, 0.3) is 5.91 Å². The Bertz CT molecular complexity index is 1200. The lowest BCUT2D eigenvalue weighted by Gasteiger charge is -2.10. The molecule has 2 N–H and O–H groups in total. The number of nitrogens with one attached hydrogen (secondary N) is 2. The Morgan fingerprint density at radius 1 is 1.25 bits per heavy atom.